The lowest BCUT2D eigenvalue weighted by atomic mass is 10.0. The van der Waals surface area contributed by atoms with Crippen molar-refractivity contribution in [2.45, 2.75) is 0 Å². The van der Waals surface area contributed by atoms with Gasteiger partial charge in [0.1, 0.15) is 0 Å². The van der Waals surface area contributed by atoms with Gasteiger partial charge in [0.25, 0.3) is 0 Å². The smallest absolute Gasteiger partial charge is 0.250 e. The third-order valence-electron chi connectivity index (χ3n) is 5.00. The van der Waals surface area contributed by atoms with E-state index in [2.05, 4.69) is 40.5 Å². The van der Waals surface area contributed by atoms with Crippen molar-refractivity contribution in [1.29, 1.82) is 0 Å². The van der Waals surface area contributed by atoms with Crippen molar-refractivity contribution < 1.29 is 0 Å². The maximum absolute atomic E-state index is 11.6. The normalized spacial score (nSPS) is 11.5. The van der Waals surface area contributed by atoms with Crippen molar-refractivity contribution in [2.75, 3.05) is 0 Å². The summed E-state index contributed by atoms with van der Waals surface area (Å²) >= 11 is 0. The van der Waals surface area contributed by atoms with Crippen LogP contribution in [0.15, 0.2) is 72.0 Å². The summed E-state index contributed by atoms with van der Waals surface area (Å²) in [6, 6.07) is 13.9. The molecule has 0 bridgehead atoms. The highest BCUT2D eigenvalue weighted by atomic mass is 16.1. The Morgan fingerprint density at radius 1 is 0.778 bits per heavy atom. The Bertz CT molecular complexity index is 1370. The number of hydrogen-bond donors (Lipinski definition) is 0. The number of aromatic nitrogens is 5. The highest BCUT2D eigenvalue weighted by molar-refractivity contribution is 5.88. The van der Waals surface area contributed by atoms with Crippen LogP contribution in [0.1, 0.15) is 0 Å². The fourth-order valence-electron chi connectivity index (χ4n) is 3.45. The number of fused-ring (bicyclic) bond motifs is 2. The van der Waals surface area contributed by atoms with Gasteiger partial charge in [-0.25, -0.2) is 4.52 Å². The van der Waals surface area contributed by atoms with Crippen LogP contribution in [0.2, 0.25) is 0 Å². The van der Waals surface area contributed by atoms with Gasteiger partial charge < -0.3 is 4.57 Å². The summed E-state index contributed by atoms with van der Waals surface area (Å²) in [5.41, 5.74) is 6.27. The third kappa shape index (κ3) is 2.45. The van der Waals surface area contributed by atoms with Gasteiger partial charge in [0.15, 0.2) is 0 Å². The summed E-state index contributed by atoms with van der Waals surface area (Å²) in [7, 11) is 3.70. The second kappa shape index (κ2) is 5.67. The molecule has 132 valence electrons. The van der Waals surface area contributed by atoms with Crippen LogP contribution in [0.4, 0.5) is 0 Å². The molecule has 0 atom stereocenters. The zero-order valence-electron chi connectivity index (χ0n) is 15.0. The lowest BCUT2D eigenvalue weighted by Crippen LogP contribution is -2.13. The van der Waals surface area contributed by atoms with E-state index in [1.165, 1.54) is 0 Å². The first-order valence-corrected chi connectivity index (χ1v) is 8.67. The second-order valence-corrected chi connectivity index (χ2v) is 6.71. The number of nitrogens with zero attached hydrogens (tertiary/aromatic N) is 5. The van der Waals surface area contributed by atoms with E-state index in [1.807, 2.05) is 47.1 Å². The standard InChI is InChI=1S/C21H17N5O/c1-24-12-16(6-8-21(24)27)17-5-7-19-18(11-23-26(19)13-17)14-3-4-15-10-22-25(2)20(15)9-14/h3-13H,1-2H3. The van der Waals surface area contributed by atoms with E-state index in [9.17, 15) is 4.79 Å². The summed E-state index contributed by atoms with van der Waals surface area (Å²) in [6.45, 7) is 0. The Morgan fingerprint density at radius 2 is 1.56 bits per heavy atom. The van der Waals surface area contributed by atoms with E-state index in [0.29, 0.717) is 0 Å². The highest BCUT2D eigenvalue weighted by Gasteiger charge is 2.10. The van der Waals surface area contributed by atoms with Gasteiger partial charge in [0.05, 0.1) is 23.4 Å². The maximum atomic E-state index is 11.6. The molecule has 0 spiro atoms. The molecule has 6 heteroatoms. The van der Waals surface area contributed by atoms with Crippen LogP contribution in [0.25, 0.3) is 38.7 Å². The maximum Gasteiger partial charge on any atom is 0.250 e. The molecule has 6 nitrogen and oxygen atoms in total. The Hall–Kier alpha value is -3.67. The number of rotatable bonds is 2. The molecule has 0 radical (unpaired) electrons. The summed E-state index contributed by atoms with van der Waals surface area (Å²) in [6.07, 6.45) is 7.58. The lowest BCUT2D eigenvalue weighted by Gasteiger charge is -2.06. The molecule has 5 aromatic rings. The molecular formula is C21H17N5O. The van der Waals surface area contributed by atoms with Crippen LogP contribution in [-0.4, -0.2) is 24.0 Å². The van der Waals surface area contributed by atoms with Crippen molar-refractivity contribution in [2.24, 2.45) is 14.1 Å². The van der Waals surface area contributed by atoms with Crippen LogP contribution >= 0.6 is 0 Å². The van der Waals surface area contributed by atoms with Crippen LogP contribution in [0, 0.1) is 0 Å². The topological polar surface area (TPSA) is 57.1 Å². The Labute approximate surface area is 154 Å². The molecule has 0 saturated carbocycles. The van der Waals surface area contributed by atoms with Gasteiger partial charge in [-0.1, -0.05) is 18.2 Å². The number of hydrogen-bond acceptors (Lipinski definition) is 3. The SMILES string of the molecule is Cn1cc(-c2ccc3c(-c4ccc5cnn(C)c5c4)cnn3c2)ccc1=O. The monoisotopic (exact) mass is 355 g/mol. The van der Waals surface area contributed by atoms with Crippen LogP contribution in [-0.2, 0) is 14.1 Å². The minimum absolute atomic E-state index is 0.0215. The zero-order valence-corrected chi connectivity index (χ0v) is 15.0. The summed E-state index contributed by atoms with van der Waals surface area (Å²) in [5.74, 6) is 0. The van der Waals surface area contributed by atoms with Crippen molar-refractivity contribution in [3.8, 4) is 22.3 Å². The summed E-state index contributed by atoms with van der Waals surface area (Å²) < 4.78 is 5.34. The first kappa shape index (κ1) is 15.6. The molecule has 4 heterocycles. The summed E-state index contributed by atoms with van der Waals surface area (Å²) in [5, 5.41) is 9.97. The van der Waals surface area contributed by atoms with E-state index in [-0.39, 0.29) is 5.56 Å². The summed E-state index contributed by atoms with van der Waals surface area (Å²) in [4.78, 5) is 11.6. The van der Waals surface area contributed by atoms with E-state index in [4.69, 9.17) is 0 Å². The predicted molar refractivity (Wildman–Crippen MR) is 106 cm³/mol. The molecule has 0 amide bonds. The first-order chi connectivity index (χ1) is 13.1. The molecule has 5 rings (SSSR count). The molecule has 4 aromatic heterocycles. The minimum Gasteiger partial charge on any atom is -0.318 e. The minimum atomic E-state index is -0.0215. The van der Waals surface area contributed by atoms with Gasteiger partial charge in [-0.15, -0.1) is 0 Å². The Morgan fingerprint density at radius 3 is 2.41 bits per heavy atom. The van der Waals surface area contributed by atoms with Crippen LogP contribution < -0.4 is 5.56 Å². The average Bonchev–Trinajstić information content (AvgIpc) is 3.27. The number of aryl methyl sites for hydroxylation is 2. The van der Waals surface area contributed by atoms with Gasteiger partial charge in [-0.2, -0.15) is 10.2 Å². The fourth-order valence-corrected chi connectivity index (χ4v) is 3.45. The molecule has 0 saturated heterocycles. The molecule has 0 aliphatic heterocycles. The third-order valence-corrected chi connectivity index (χ3v) is 5.00. The van der Waals surface area contributed by atoms with E-state index >= 15 is 0 Å². The van der Waals surface area contributed by atoms with E-state index in [1.54, 1.807) is 17.7 Å². The fraction of sp³-hybridized carbons (Fsp3) is 0.0952. The quantitative estimate of drug-likeness (QED) is 0.488. The van der Waals surface area contributed by atoms with Crippen molar-refractivity contribution in [1.82, 2.24) is 24.0 Å². The Kier molecular flexibility index (Phi) is 3.27. The number of benzene rings is 1. The van der Waals surface area contributed by atoms with Crippen molar-refractivity contribution in [3.63, 3.8) is 0 Å². The van der Waals surface area contributed by atoms with Gasteiger partial charge in [0, 0.05) is 49.1 Å². The molecule has 1 aromatic carbocycles. The van der Waals surface area contributed by atoms with Gasteiger partial charge in [0.2, 0.25) is 5.56 Å². The molecule has 0 aliphatic rings. The zero-order chi connectivity index (χ0) is 18.5. The largest absolute Gasteiger partial charge is 0.318 e. The van der Waals surface area contributed by atoms with Gasteiger partial charge in [-0.3, -0.25) is 9.48 Å². The molecular weight excluding hydrogens is 338 g/mol. The average molecular weight is 355 g/mol. The second-order valence-electron chi connectivity index (χ2n) is 6.71. The van der Waals surface area contributed by atoms with Crippen LogP contribution in [0.5, 0.6) is 0 Å². The van der Waals surface area contributed by atoms with E-state index < -0.39 is 0 Å². The Balaban J connectivity index is 1.63. The highest BCUT2D eigenvalue weighted by Crippen LogP contribution is 2.29. The molecule has 0 fully saturated rings. The van der Waals surface area contributed by atoms with Crippen LogP contribution in [0.3, 0.4) is 0 Å². The predicted octanol–water partition coefficient (Wildman–Crippen LogP) is 3.25. The van der Waals surface area contributed by atoms with Gasteiger partial charge >= 0.3 is 0 Å². The van der Waals surface area contributed by atoms with E-state index in [0.717, 1.165) is 38.7 Å². The van der Waals surface area contributed by atoms with Crippen molar-refractivity contribution >= 4 is 16.4 Å². The molecule has 0 unspecified atom stereocenters. The molecule has 27 heavy (non-hydrogen) atoms. The molecule has 0 aliphatic carbocycles. The lowest BCUT2D eigenvalue weighted by molar-refractivity contribution is 0.797. The van der Waals surface area contributed by atoms with Gasteiger partial charge in [-0.05, 0) is 29.3 Å². The first-order valence-electron chi connectivity index (χ1n) is 8.67. The molecule has 0 N–H and O–H groups in total. The van der Waals surface area contributed by atoms with Crippen molar-refractivity contribution in [3.05, 3.63) is 77.6 Å². The number of pyridine rings is 2.